The van der Waals surface area contributed by atoms with E-state index in [-0.39, 0.29) is 45.5 Å². The zero-order valence-corrected chi connectivity index (χ0v) is 20.8. The second-order valence-electron chi connectivity index (χ2n) is 8.30. The van der Waals surface area contributed by atoms with Crippen LogP contribution in [0.25, 0.3) is 22.0 Å². The number of aryl methyl sites for hydroxylation is 1. The normalized spacial score (nSPS) is 11.8. The van der Waals surface area contributed by atoms with E-state index in [1.165, 1.54) is 46.9 Å². The fourth-order valence-corrected chi connectivity index (χ4v) is 4.13. The van der Waals surface area contributed by atoms with Gasteiger partial charge in [-0.15, -0.1) is 9.94 Å². The molecule has 0 saturated heterocycles. The highest BCUT2D eigenvalue weighted by Crippen LogP contribution is 2.38. The number of rotatable bonds is 8. The molecule has 0 aliphatic heterocycles. The standard InChI is InChI=1S/C24H24F2N4O5S/c1-5-36(32,33)28-16-7-9-21(34-22-8-6-15(25)10-20(22)26)17(11-16)18-12-29(4)24(31)19-13-30(27-23(18)19)35-14(2)3/h6-14,28H,5H2,1-4H3. The van der Waals surface area contributed by atoms with Crippen LogP contribution in [0.5, 0.6) is 11.5 Å². The number of aromatic nitrogens is 3. The van der Waals surface area contributed by atoms with Crippen molar-refractivity contribution in [2.45, 2.75) is 26.9 Å². The van der Waals surface area contributed by atoms with E-state index in [0.717, 1.165) is 12.1 Å². The number of nitrogens with zero attached hydrogens (tertiary/aromatic N) is 3. The van der Waals surface area contributed by atoms with E-state index in [1.807, 2.05) is 0 Å². The van der Waals surface area contributed by atoms with Crippen molar-refractivity contribution in [2.24, 2.45) is 7.05 Å². The third-order valence-electron chi connectivity index (χ3n) is 5.18. The maximum absolute atomic E-state index is 14.4. The molecule has 1 N–H and O–H groups in total. The van der Waals surface area contributed by atoms with Crippen LogP contribution < -0.4 is 19.9 Å². The predicted octanol–water partition coefficient (Wildman–Crippen LogP) is 4.07. The van der Waals surface area contributed by atoms with Crippen LogP contribution in [-0.2, 0) is 17.1 Å². The zero-order chi connectivity index (χ0) is 26.2. The van der Waals surface area contributed by atoms with Crippen molar-refractivity contribution in [2.75, 3.05) is 10.5 Å². The van der Waals surface area contributed by atoms with E-state index in [4.69, 9.17) is 9.57 Å². The number of pyridine rings is 1. The van der Waals surface area contributed by atoms with Crippen molar-refractivity contribution in [1.29, 1.82) is 0 Å². The Hall–Kier alpha value is -3.93. The third-order valence-corrected chi connectivity index (χ3v) is 6.48. The fourth-order valence-electron chi connectivity index (χ4n) is 3.50. The quantitative estimate of drug-likeness (QED) is 0.377. The van der Waals surface area contributed by atoms with E-state index in [2.05, 4.69) is 9.82 Å². The SMILES string of the molecule is CCS(=O)(=O)Nc1ccc(Oc2ccc(F)cc2F)c(-c2cn(C)c(=O)c3cn(OC(C)C)nc23)c1. The topological polar surface area (TPSA) is 104 Å². The van der Waals surface area contributed by atoms with Crippen LogP contribution >= 0.6 is 0 Å². The molecule has 0 saturated carbocycles. The number of sulfonamides is 1. The lowest BCUT2D eigenvalue weighted by Gasteiger charge is -2.15. The summed E-state index contributed by atoms with van der Waals surface area (Å²) in [6.07, 6.45) is 2.74. The molecule has 36 heavy (non-hydrogen) atoms. The minimum atomic E-state index is -3.61. The van der Waals surface area contributed by atoms with Gasteiger partial charge in [-0.3, -0.25) is 9.52 Å². The molecule has 9 nitrogen and oxygen atoms in total. The largest absolute Gasteiger partial charge is 0.454 e. The summed E-state index contributed by atoms with van der Waals surface area (Å²) in [5.41, 5.74) is 0.860. The number of benzene rings is 2. The molecule has 0 radical (unpaired) electrons. The Labute approximate surface area is 205 Å². The minimum absolute atomic E-state index is 0.124. The van der Waals surface area contributed by atoms with Crippen LogP contribution in [0.2, 0.25) is 0 Å². The average molecular weight is 519 g/mol. The van der Waals surface area contributed by atoms with Crippen LogP contribution in [0.4, 0.5) is 14.5 Å². The maximum Gasteiger partial charge on any atom is 0.261 e. The Kier molecular flexibility index (Phi) is 6.72. The molecule has 2 aromatic heterocycles. The summed E-state index contributed by atoms with van der Waals surface area (Å²) in [6, 6.07) is 7.28. The van der Waals surface area contributed by atoms with Crippen molar-refractivity contribution in [3.05, 3.63) is 70.8 Å². The second kappa shape index (κ2) is 9.61. The van der Waals surface area contributed by atoms with Gasteiger partial charge in [0.2, 0.25) is 10.0 Å². The van der Waals surface area contributed by atoms with Gasteiger partial charge in [0.25, 0.3) is 5.56 Å². The molecule has 0 fully saturated rings. The van der Waals surface area contributed by atoms with Crippen molar-refractivity contribution >= 4 is 26.6 Å². The maximum atomic E-state index is 14.4. The molecule has 190 valence electrons. The Morgan fingerprint density at radius 3 is 2.44 bits per heavy atom. The highest BCUT2D eigenvalue weighted by atomic mass is 32.2. The molecule has 0 unspecified atom stereocenters. The van der Waals surface area contributed by atoms with Gasteiger partial charge < -0.3 is 14.1 Å². The van der Waals surface area contributed by atoms with Crippen LogP contribution in [0.3, 0.4) is 0 Å². The summed E-state index contributed by atoms with van der Waals surface area (Å²) >= 11 is 0. The molecule has 2 aromatic carbocycles. The summed E-state index contributed by atoms with van der Waals surface area (Å²) in [5.74, 6) is -1.95. The molecule has 0 aliphatic carbocycles. The molecule has 4 rings (SSSR count). The lowest BCUT2D eigenvalue weighted by molar-refractivity contribution is 0.0374. The molecule has 0 aliphatic rings. The lowest BCUT2D eigenvalue weighted by atomic mass is 10.0. The lowest BCUT2D eigenvalue weighted by Crippen LogP contribution is -2.19. The first-order chi connectivity index (χ1) is 17.0. The van der Waals surface area contributed by atoms with Gasteiger partial charge in [0.1, 0.15) is 23.2 Å². The van der Waals surface area contributed by atoms with Crippen LogP contribution in [-0.4, -0.2) is 34.8 Å². The summed E-state index contributed by atoms with van der Waals surface area (Å²) in [6.45, 7) is 5.10. The van der Waals surface area contributed by atoms with Crippen LogP contribution in [0, 0.1) is 11.6 Å². The minimum Gasteiger partial charge on any atom is -0.454 e. The Bertz CT molecular complexity index is 1610. The number of halogens is 2. The van der Waals surface area contributed by atoms with Crippen molar-refractivity contribution in [1.82, 2.24) is 14.5 Å². The second-order valence-corrected chi connectivity index (χ2v) is 10.3. The van der Waals surface area contributed by atoms with E-state index in [0.29, 0.717) is 17.2 Å². The molecule has 12 heteroatoms. The summed E-state index contributed by atoms with van der Waals surface area (Å²) in [7, 11) is -2.06. The van der Waals surface area contributed by atoms with Gasteiger partial charge in [-0.05, 0) is 51.1 Å². The van der Waals surface area contributed by atoms with Crippen LogP contribution in [0.1, 0.15) is 20.8 Å². The van der Waals surface area contributed by atoms with E-state index in [1.54, 1.807) is 20.9 Å². The molecule has 0 amide bonds. The number of nitrogens with one attached hydrogen (secondary N) is 1. The van der Waals surface area contributed by atoms with Gasteiger partial charge in [-0.1, -0.05) is 0 Å². The van der Waals surface area contributed by atoms with Gasteiger partial charge in [-0.25, -0.2) is 17.2 Å². The van der Waals surface area contributed by atoms with Gasteiger partial charge in [0.05, 0.1) is 17.3 Å². The van der Waals surface area contributed by atoms with Gasteiger partial charge in [-0.2, -0.15) is 0 Å². The first kappa shape index (κ1) is 25.2. The van der Waals surface area contributed by atoms with E-state index in [9.17, 15) is 22.0 Å². The first-order valence-corrected chi connectivity index (χ1v) is 12.7. The van der Waals surface area contributed by atoms with Crippen molar-refractivity contribution < 1.29 is 26.8 Å². The smallest absolute Gasteiger partial charge is 0.261 e. The van der Waals surface area contributed by atoms with Gasteiger partial charge >= 0.3 is 0 Å². The Morgan fingerprint density at radius 1 is 1.06 bits per heavy atom. The molecule has 2 heterocycles. The zero-order valence-electron chi connectivity index (χ0n) is 20.0. The third kappa shape index (κ3) is 5.18. The highest BCUT2D eigenvalue weighted by molar-refractivity contribution is 7.92. The molecule has 0 spiro atoms. The predicted molar refractivity (Wildman–Crippen MR) is 132 cm³/mol. The number of ether oxygens (including phenoxy) is 1. The van der Waals surface area contributed by atoms with Crippen LogP contribution in [0.15, 0.2) is 53.6 Å². The number of hydrogen-bond acceptors (Lipinski definition) is 6. The fraction of sp³-hybridized carbons (Fsp3) is 0.250. The van der Waals surface area contributed by atoms with Crippen molar-refractivity contribution in [3.8, 4) is 22.6 Å². The summed E-state index contributed by atoms with van der Waals surface area (Å²) in [4.78, 5) is 19.6. The number of fused-ring (bicyclic) bond motifs is 1. The number of hydrogen-bond donors (Lipinski definition) is 1. The Morgan fingerprint density at radius 2 is 1.78 bits per heavy atom. The molecule has 4 aromatic rings. The van der Waals surface area contributed by atoms with Gasteiger partial charge in [0.15, 0.2) is 11.6 Å². The molecule has 0 bridgehead atoms. The summed E-state index contributed by atoms with van der Waals surface area (Å²) in [5, 5.41) is 4.64. The molecular weight excluding hydrogens is 494 g/mol. The number of anilines is 1. The monoisotopic (exact) mass is 518 g/mol. The van der Waals surface area contributed by atoms with E-state index < -0.39 is 21.7 Å². The molecule has 0 atom stereocenters. The average Bonchev–Trinajstić information content (AvgIpc) is 3.22. The highest BCUT2D eigenvalue weighted by Gasteiger charge is 2.20. The summed E-state index contributed by atoms with van der Waals surface area (Å²) < 4.78 is 61.7. The van der Waals surface area contributed by atoms with Crippen molar-refractivity contribution in [3.63, 3.8) is 0 Å². The van der Waals surface area contributed by atoms with Gasteiger partial charge in [0, 0.05) is 36.1 Å². The van der Waals surface area contributed by atoms with E-state index >= 15 is 0 Å². The first-order valence-electron chi connectivity index (χ1n) is 11.0. The molecular formula is C24H24F2N4O5S. The Balaban J connectivity index is 1.95.